The number of hydrogen-bond acceptors (Lipinski definition) is 4. The van der Waals surface area contributed by atoms with Crippen molar-refractivity contribution in [3.05, 3.63) is 64.7 Å². The number of nitrogens with one attached hydrogen (secondary N) is 1. The number of hydrogen-bond donors (Lipinski definition) is 1. The molecular formula is C22H27ClN2O3. The van der Waals surface area contributed by atoms with E-state index in [0.29, 0.717) is 23.7 Å². The zero-order chi connectivity index (χ0) is 19.8. The molecule has 0 radical (unpaired) electrons. The van der Waals surface area contributed by atoms with Crippen molar-refractivity contribution in [2.24, 2.45) is 0 Å². The van der Waals surface area contributed by atoms with Crippen LogP contribution in [0.1, 0.15) is 24.5 Å². The van der Waals surface area contributed by atoms with Crippen LogP contribution in [0.4, 0.5) is 0 Å². The Hall–Kier alpha value is -2.08. The van der Waals surface area contributed by atoms with E-state index in [9.17, 15) is 4.79 Å². The monoisotopic (exact) mass is 402 g/mol. The van der Waals surface area contributed by atoms with Gasteiger partial charge in [0, 0.05) is 26.2 Å². The van der Waals surface area contributed by atoms with Gasteiger partial charge in [0.05, 0.1) is 18.2 Å². The maximum Gasteiger partial charge on any atom is 0.261 e. The number of carbonyl (C=O) groups excluding carboxylic acids is 1. The number of rotatable bonds is 8. The van der Waals surface area contributed by atoms with E-state index in [1.807, 2.05) is 31.2 Å². The van der Waals surface area contributed by atoms with Crippen LogP contribution in [0.3, 0.4) is 0 Å². The summed E-state index contributed by atoms with van der Waals surface area (Å²) in [5, 5.41) is 3.48. The summed E-state index contributed by atoms with van der Waals surface area (Å²) in [4.78, 5) is 14.9. The Bertz CT molecular complexity index is 778. The molecule has 0 spiro atoms. The predicted octanol–water partition coefficient (Wildman–Crippen LogP) is 3.65. The largest absolute Gasteiger partial charge is 0.479 e. The van der Waals surface area contributed by atoms with Gasteiger partial charge in [-0.05, 0) is 29.7 Å². The first-order valence-electron chi connectivity index (χ1n) is 9.72. The van der Waals surface area contributed by atoms with E-state index >= 15 is 0 Å². The fraction of sp³-hybridized carbons (Fsp3) is 0.409. The molecule has 0 saturated carbocycles. The van der Waals surface area contributed by atoms with Gasteiger partial charge in [-0.15, -0.1) is 0 Å². The second-order valence-corrected chi connectivity index (χ2v) is 7.28. The third-order valence-electron chi connectivity index (χ3n) is 4.74. The quantitative estimate of drug-likeness (QED) is 0.732. The number of carbonyl (C=O) groups is 1. The average molecular weight is 403 g/mol. The van der Waals surface area contributed by atoms with E-state index in [0.717, 1.165) is 38.4 Å². The minimum Gasteiger partial charge on any atom is -0.479 e. The molecular weight excluding hydrogens is 376 g/mol. The summed E-state index contributed by atoms with van der Waals surface area (Å²) < 4.78 is 11.2. The summed E-state index contributed by atoms with van der Waals surface area (Å²) in [5.74, 6) is 0.389. The SMILES string of the molecule is CC[C@H](Oc1ccccc1Cl)C(=O)NCc1cccc(CN2CCOCC2)c1. The van der Waals surface area contributed by atoms with Crippen molar-refractivity contribution < 1.29 is 14.3 Å². The molecule has 1 amide bonds. The van der Waals surface area contributed by atoms with Crippen molar-refractivity contribution in [2.45, 2.75) is 32.5 Å². The van der Waals surface area contributed by atoms with Crippen LogP contribution >= 0.6 is 11.6 Å². The minimum absolute atomic E-state index is 0.138. The molecule has 1 heterocycles. The number of amides is 1. The molecule has 0 bridgehead atoms. The topological polar surface area (TPSA) is 50.8 Å². The third kappa shape index (κ3) is 5.96. The van der Waals surface area contributed by atoms with E-state index in [-0.39, 0.29) is 5.91 Å². The van der Waals surface area contributed by atoms with Crippen LogP contribution in [0.25, 0.3) is 0 Å². The molecule has 1 N–H and O–H groups in total. The van der Waals surface area contributed by atoms with Gasteiger partial charge in [-0.1, -0.05) is 54.9 Å². The van der Waals surface area contributed by atoms with Gasteiger partial charge in [0.25, 0.3) is 5.91 Å². The van der Waals surface area contributed by atoms with Crippen molar-refractivity contribution in [1.82, 2.24) is 10.2 Å². The maximum absolute atomic E-state index is 12.6. The van der Waals surface area contributed by atoms with Crippen molar-refractivity contribution in [3.63, 3.8) is 0 Å². The van der Waals surface area contributed by atoms with Gasteiger partial charge in [0.1, 0.15) is 5.75 Å². The third-order valence-corrected chi connectivity index (χ3v) is 5.05. The first kappa shape index (κ1) is 20.6. The Morgan fingerprint density at radius 3 is 2.68 bits per heavy atom. The normalized spacial score (nSPS) is 15.8. The summed E-state index contributed by atoms with van der Waals surface area (Å²) in [7, 11) is 0. The highest BCUT2D eigenvalue weighted by Crippen LogP contribution is 2.24. The molecule has 1 atom stereocenters. The Morgan fingerprint density at radius 1 is 1.18 bits per heavy atom. The van der Waals surface area contributed by atoms with Crippen LogP contribution in [-0.2, 0) is 22.6 Å². The lowest BCUT2D eigenvalue weighted by molar-refractivity contribution is -0.128. The maximum atomic E-state index is 12.6. The van der Waals surface area contributed by atoms with Gasteiger partial charge in [0.2, 0.25) is 0 Å². The highest BCUT2D eigenvalue weighted by atomic mass is 35.5. The van der Waals surface area contributed by atoms with Crippen molar-refractivity contribution in [2.75, 3.05) is 26.3 Å². The van der Waals surface area contributed by atoms with Gasteiger partial charge in [-0.3, -0.25) is 9.69 Å². The molecule has 150 valence electrons. The number of morpholine rings is 1. The number of nitrogens with zero attached hydrogens (tertiary/aromatic N) is 1. The van der Waals surface area contributed by atoms with E-state index < -0.39 is 6.10 Å². The molecule has 6 heteroatoms. The van der Waals surface area contributed by atoms with Crippen LogP contribution in [0.2, 0.25) is 5.02 Å². The van der Waals surface area contributed by atoms with Gasteiger partial charge in [0.15, 0.2) is 6.10 Å². The minimum atomic E-state index is -0.573. The molecule has 1 aliphatic rings. The molecule has 0 aliphatic carbocycles. The highest BCUT2D eigenvalue weighted by Gasteiger charge is 2.19. The summed E-state index contributed by atoms with van der Waals surface area (Å²) >= 11 is 6.13. The lowest BCUT2D eigenvalue weighted by atomic mass is 10.1. The van der Waals surface area contributed by atoms with Crippen LogP contribution in [0.5, 0.6) is 5.75 Å². The molecule has 1 saturated heterocycles. The summed E-state index contributed by atoms with van der Waals surface area (Å²) in [5.41, 5.74) is 2.32. The van der Waals surface area contributed by atoms with Crippen molar-refractivity contribution in [1.29, 1.82) is 0 Å². The van der Waals surface area contributed by atoms with Gasteiger partial charge < -0.3 is 14.8 Å². The molecule has 1 fully saturated rings. The summed E-state index contributed by atoms with van der Waals surface area (Å²) in [6.45, 7) is 6.79. The van der Waals surface area contributed by atoms with E-state index in [2.05, 4.69) is 22.3 Å². The molecule has 3 rings (SSSR count). The number of benzene rings is 2. The summed E-state index contributed by atoms with van der Waals surface area (Å²) in [6, 6.07) is 15.5. The molecule has 1 aliphatic heterocycles. The van der Waals surface area contributed by atoms with Crippen LogP contribution in [0.15, 0.2) is 48.5 Å². The lowest BCUT2D eigenvalue weighted by Crippen LogP contribution is -2.37. The lowest BCUT2D eigenvalue weighted by Gasteiger charge is -2.26. The second kappa shape index (κ2) is 10.5. The molecule has 5 nitrogen and oxygen atoms in total. The molecule has 0 unspecified atom stereocenters. The smallest absolute Gasteiger partial charge is 0.261 e. The van der Waals surface area contributed by atoms with E-state index in [1.54, 1.807) is 12.1 Å². The Labute approximate surface area is 171 Å². The predicted molar refractivity (Wildman–Crippen MR) is 111 cm³/mol. The van der Waals surface area contributed by atoms with Gasteiger partial charge in [-0.25, -0.2) is 0 Å². The molecule has 0 aromatic heterocycles. The Kier molecular flexibility index (Phi) is 7.71. The first-order chi connectivity index (χ1) is 13.7. The van der Waals surface area contributed by atoms with Gasteiger partial charge in [-0.2, -0.15) is 0 Å². The van der Waals surface area contributed by atoms with E-state index in [4.69, 9.17) is 21.1 Å². The van der Waals surface area contributed by atoms with E-state index in [1.165, 1.54) is 5.56 Å². The highest BCUT2D eigenvalue weighted by molar-refractivity contribution is 6.32. The van der Waals surface area contributed by atoms with Crippen LogP contribution < -0.4 is 10.1 Å². The van der Waals surface area contributed by atoms with Crippen molar-refractivity contribution >= 4 is 17.5 Å². The first-order valence-corrected chi connectivity index (χ1v) is 10.1. The Morgan fingerprint density at radius 2 is 1.93 bits per heavy atom. The van der Waals surface area contributed by atoms with Gasteiger partial charge >= 0.3 is 0 Å². The van der Waals surface area contributed by atoms with Crippen LogP contribution in [-0.4, -0.2) is 43.2 Å². The Balaban J connectivity index is 1.54. The molecule has 2 aromatic rings. The average Bonchev–Trinajstić information content (AvgIpc) is 2.72. The molecule has 28 heavy (non-hydrogen) atoms. The summed E-state index contributed by atoms with van der Waals surface area (Å²) in [6.07, 6.45) is -0.00913. The number of para-hydroxylation sites is 1. The zero-order valence-corrected chi connectivity index (χ0v) is 17.0. The fourth-order valence-corrected chi connectivity index (χ4v) is 3.35. The fourth-order valence-electron chi connectivity index (χ4n) is 3.17. The zero-order valence-electron chi connectivity index (χ0n) is 16.2. The number of halogens is 1. The number of ether oxygens (including phenoxy) is 2. The van der Waals surface area contributed by atoms with Crippen LogP contribution in [0, 0.1) is 0 Å². The standard InChI is InChI=1S/C22H27ClN2O3/c1-2-20(28-21-9-4-3-8-19(21)23)22(26)24-15-17-6-5-7-18(14-17)16-25-10-12-27-13-11-25/h3-9,14,20H,2,10-13,15-16H2,1H3,(H,24,26)/t20-/m0/s1. The second-order valence-electron chi connectivity index (χ2n) is 6.87. The molecule has 2 aromatic carbocycles. The van der Waals surface area contributed by atoms with Crippen molar-refractivity contribution in [3.8, 4) is 5.75 Å².